The molecule has 2 saturated heterocycles. The standard InChI is InChI=1S/C24H19ClN2O3/c1-15-8-5-6-13-19(15)26-23(28)20-21(16-9-7-10-17(25)14-16)27(30-22(20)24(26)29)18-11-3-2-4-12-18/h2-14,20-22H,1H3. The predicted octanol–water partition coefficient (Wildman–Crippen LogP) is 4.70. The minimum atomic E-state index is -0.888. The lowest BCUT2D eigenvalue weighted by atomic mass is 9.90. The van der Waals surface area contributed by atoms with Crippen LogP contribution in [-0.4, -0.2) is 17.9 Å². The molecule has 5 rings (SSSR count). The monoisotopic (exact) mass is 418 g/mol. The molecule has 3 unspecified atom stereocenters. The molecule has 2 amide bonds. The van der Waals surface area contributed by atoms with Gasteiger partial charge in [0.2, 0.25) is 5.91 Å². The fourth-order valence-corrected chi connectivity index (χ4v) is 4.49. The van der Waals surface area contributed by atoms with E-state index < -0.39 is 18.1 Å². The van der Waals surface area contributed by atoms with Gasteiger partial charge in [-0.1, -0.05) is 60.1 Å². The molecule has 2 fully saturated rings. The number of hydrogen-bond acceptors (Lipinski definition) is 4. The Morgan fingerprint density at radius 3 is 2.33 bits per heavy atom. The van der Waals surface area contributed by atoms with E-state index in [1.807, 2.05) is 73.7 Å². The van der Waals surface area contributed by atoms with Crippen molar-refractivity contribution in [1.29, 1.82) is 0 Å². The van der Waals surface area contributed by atoms with Crippen molar-refractivity contribution in [3.05, 3.63) is 95.0 Å². The number of carbonyl (C=O) groups is 2. The molecule has 3 atom stereocenters. The maximum Gasteiger partial charge on any atom is 0.266 e. The van der Waals surface area contributed by atoms with Crippen LogP contribution in [0.15, 0.2) is 78.9 Å². The number of carbonyl (C=O) groups excluding carboxylic acids is 2. The number of halogens is 1. The zero-order chi connectivity index (χ0) is 20.8. The Labute approximate surface area is 179 Å². The van der Waals surface area contributed by atoms with E-state index in [2.05, 4.69) is 0 Å². The summed E-state index contributed by atoms with van der Waals surface area (Å²) in [4.78, 5) is 34.3. The highest BCUT2D eigenvalue weighted by atomic mass is 35.5. The maximum absolute atomic E-state index is 13.6. The second-order valence-electron chi connectivity index (χ2n) is 7.51. The van der Waals surface area contributed by atoms with E-state index in [4.69, 9.17) is 16.4 Å². The van der Waals surface area contributed by atoms with Gasteiger partial charge in [-0.15, -0.1) is 0 Å². The van der Waals surface area contributed by atoms with Crippen LogP contribution in [0.25, 0.3) is 0 Å². The minimum absolute atomic E-state index is 0.261. The van der Waals surface area contributed by atoms with Crippen LogP contribution in [-0.2, 0) is 14.4 Å². The van der Waals surface area contributed by atoms with Crippen LogP contribution in [0.3, 0.4) is 0 Å². The average molecular weight is 419 g/mol. The molecule has 0 radical (unpaired) electrons. The molecule has 0 aliphatic carbocycles. The molecule has 0 saturated carbocycles. The molecule has 0 aromatic heterocycles. The normalized spacial score (nSPS) is 23.2. The van der Waals surface area contributed by atoms with Gasteiger partial charge in [0, 0.05) is 5.02 Å². The highest BCUT2D eigenvalue weighted by Gasteiger charge is 2.60. The largest absolute Gasteiger partial charge is 0.273 e. The number of hydrogen-bond donors (Lipinski definition) is 0. The predicted molar refractivity (Wildman–Crippen MR) is 115 cm³/mol. The van der Waals surface area contributed by atoms with Crippen LogP contribution in [0.5, 0.6) is 0 Å². The zero-order valence-corrected chi connectivity index (χ0v) is 17.0. The summed E-state index contributed by atoms with van der Waals surface area (Å²) in [5, 5.41) is 2.24. The third-order valence-corrected chi connectivity index (χ3v) is 5.91. The second kappa shape index (κ2) is 7.27. The molecule has 30 heavy (non-hydrogen) atoms. The molecule has 3 aromatic rings. The number of rotatable bonds is 3. The van der Waals surface area contributed by atoms with E-state index in [9.17, 15) is 9.59 Å². The van der Waals surface area contributed by atoms with Crippen LogP contribution in [0.2, 0.25) is 5.02 Å². The Balaban J connectivity index is 1.61. The molecule has 2 aliphatic heterocycles. The van der Waals surface area contributed by atoms with E-state index in [1.54, 1.807) is 17.2 Å². The quantitative estimate of drug-likeness (QED) is 0.578. The van der Waals surface area contributed by atoms with Gasteiger partial charge in [-0.05, 0) is 48.4 Å². The molecule has 3 aromatic carbocycles. The summed E-state index contributed by atoms with van der Waals surface area (Å²) in [7, 11) is 0. The van der Waals surface area contributed by atoms with E-state index in [0.29, 0.717) is 10.7 Å². The fourth-order valence-electron chi connectivity index (χ4n) is 4.29. The topological polar surface area (TPSA) is 49.9 Å². The summed E-state index contributed by atoms with van der Waals surface area (Å²) >= 11 is 6.25. The molecule has 2 aliphatic rings. The number of anilines is 2. The van der Waals surface area contributed by atoms with Gasteiger partial charge in [0.15, 0.2) is 6.10 Å². The summed E-state index contributed by atoms with van der Waals surface area (Å²) in [6, 6.07) is 23.7. The number of hydroxylamine groups is 1. The first-order valence-corrected chi connectivity index (χ1v) is 10.1. The third-order valence-electron chi connectivity index (χ3n) is 5.67. The van der Waals surface area contributed by atoms with Crippen LogP contribution < -0.4 is 9.96 Å². The fraction of sp³-hybridized carbons (Fsp3) is 0.167. The first kappa shape index (κ1) is 18.9. The Kier molecular flexibility index (Phi) is 4.57. The third kappa shape index (κ3) is 2.90. The molecule has 150 valence electrons. The Morgan fingerprint density at radius 1 is 0.867 bits per heavy atom. The van der Waals surface area contributed by atoms with E-state index in [-0.39, 0.29) is 11.8 Å². The minimum Gasteiger partial charge on any atom is -0.273 e. The summed E-state index contributed by atoms with van der Waals surface area (Å²) < 4.78 is 0. The molecule has 5 nitrogen and oxygen atoms in total. The Morgan fingerprint density at radius 2 is 1.60 bits per heavy atom. The molecule has 0 N–H and O–H groups in total. The van der Waals surface area contributed by atoms with Crippen molar-refractivity contribution in [2.24, 2.45) is 5.92 Å². The van der Waals surface area contributed by atoms with Crippen LogP contribution in [0.1, 0.15) is 17.2 Å². The summed E-state index contributed by atoms with van der Waals surface area (Å²) in [5.74, 6) is -1.27. The van der Waals surface area contributed by atoms with E-state index >= 15 is 0 Å². The van der Waals surface area contributed by atoms with Gasteiger partial charge in [0.1, 0.15) is 5.92 Å². The van der Waals surface area contributed by atoms with Gasteiger partial charge in [-0.2, -0.15) is 0 Å². The molecule has 6 heteroatoms. The highest BCUT2D eigenvalue weighted by Crippen LogP contribution is 2.48. The van der Waals surface area contributed by atoms with Gasteiger partial charge in [-0.25, -0.2) is 9.96 Å². The molecule has 2 heterocycles. The smallest absolute Gasteiger partial charge is 0.266 e. The SMILES string of the molecule is Cc1ccccc1N1C(=O)C2ON(c3ccccc3)C(c3cccc(Cl)c3)C2C1=O. The van der Waals surface area contributed by atoms with Crippen LogP contribution >= 0.6 is 11.6 Å². The van der Waals surface area contributed by atoms with Crippen molar-refractivity contribution in [1.82, 2.24) is 0 Å². The lowest BCUT2D eigenvalue weighted by Gasteiger charge is -2.29. The molecule has 0 spiro atoms. The number of imide groups is 1. The van der Waals surface area contributed by atoms with E-state index in [0.717, 1.165) is 16.8 Å². The zero-order valence-electron chi connectivity index (χ0n) is 16.2. The maximum atomic E-state index is 13.6. The van der Waals surface area contributed by atoms with Crippen molar-refractivity contribution in [3.8, 4) is 0 Å². The van der Waals surface area contributed by atoms with Gasteiger partial charge < -0.3 is 0 Å². The summed E-state index contributed by atoms with van der Waals surface area (Å²) in [6.45, 7) is 1.88. The van der Waals surface area contributed by atoms with E-state index in [1.165, 1.54) is 4.90 Å². The van der Waals surface area contributed by atoms with Crippen molar-refractivity contribution in [2.75, 3.05) is 9.96 Å². The number of benzene rings is 3. The number of aryl methyl sites for hydroxylation is 1. The molecular formula is C24H19ClN2O3. The van der Waals surface area contributed by atoms with Crippen molar-refractivity contribution < 1.29 is 14.4 Å². The van der Waals surface area contributed by atoms with Gasteiger partial charge in [0.05, 0.1) is 17.4 Å². The summed E-state index contributed by atoms with van der Waals surface area (Å²) in [5.41, 5.74) is 3.06. The number of para-hydroxylation sites is 2. The highest BCUT2D eigenvalue weighted by molar-refractivity contribution is 6.30. The van der Waals surface area contributed by atoms with Gasteiger partial charge in [0.25, 0.3) is 5.91 Å². The van der Waals surface area contributed by atoms with Crippen molar-refractivity contribution >= 4 is 34.8 Å². The second-order valence-corrected chi connectivity index (χ2v) is 7.95. The molecular weight excluding hydrogens is 400 g/mol. The van der Waals surface area contributed by atoms with Crippen molar-refractivity contribution in [3.63, 3.8) is 0 Å². The number of nitrogens with zero attached hydrogens (tertiary/aromatic N) is 2. The first-order valence-electron chi connectivity index (χ1n) is 9.76. The molecule has 0 bridgehead atoms. The van der Waals surface area contributed by atoms with Crippen LogP contribution in [0.4, 0.5) is 11.4 Å². The summed E-state index contributed by atoms with van der Waals surface area (Å²) in [6.07, 6.45) is -0.888. The average Bonchev–Trinajstić information content (AvgIpc) is 3.26. The Hall–Kier alpha value is -3.15. The lowest BCUT2D eigenvalue weighted by Crippen LogP contribution is -2.37. The van der Waals surface area contributed by atoms with Crippen molar-refractivity contribution in [2.45, 2.75) is 19.1 Å². The van der Waals surface area contributed by atoms with Crippen LogP contribution in [0, 0.1) is 12.8 Å². The Bertz CT molecular complexity index is 1130. The number of fused-ring (bicyclic) bond motifs is 1. The lowest BCUT2D eigenvalue weighted by molar-refractivity contribution is -0.126. The van der Waals surface area contributed by atoms with Gasteiger partial charge >= 0.3 is 0 Å². The van der Waals surface area contributed by atoms with Gasteiger partial charge in [-0.3, -0.25) is 14.4 Å². The number of amides is 2. The first-order chi connectivity index (χ1) is 14.6.